The first-order valence-corrected chi connectivity index (χ1v) is 8.25. The second-order valence-electron chi connectivity index (χ2n) is 6.06. The fraction of sp³-hybridized carbons (Fsp3) is 0.0455. The van der Waals surface area contributed by atoms with Gasteiger partial charge in [-0.1, -0.05) is 42.5 Å². The lowest BCUT2D eigenvalue weighted by atomic mass is 9.99. The average molecular weight is 343 g/mol. The summed E-state index contributed by atoms with van der Waals surface area (Å²) in [5.74, 6) is 0.452. The van der Waals surface area contributed by atoms with Gasteiger partial charge in [-0.2, -0.15) is 0 Å². The van der Waals surface area contributed by atoms with E-state index in [4.69, 9.17) is 4.74 Å². The van der Waals surface area contributed by atoms with Crippen LogP contribution in [0, 0.1) is 0 Å². The summed E-state index contributed by atoms with van der Waals surface area (Å²) >= 11 is 0. The molecule has 1 aliphatic rings. The molecule has 0 atom stereocenters. The van der Waals surface area contributed by atoms with Gasteiger partial charge in [-0.15, -0.1) is 0 Å². The van der Waals surface area contributed by atoms with E-state index in [2.05, 4.69) is 5.32 Å². The lowest BCUT2D eigenvalue weighted by Gasteiger charge is -2.06. The highest BCUT2D eigenvalue weighted by molar-refractivity contribution is 6.35. The molecule has 1 aliphatic heterocycles. The van der Waals surface area contributed by atoms with Crippen LogP contribution in [0.2, 0.25) is 0 Å². The van der Waals surface area contributed by atoms with Crippen molar-refractivity contribution in [1.29, 1.82) is 0 Å². The smallest absolute Gasteiger partial charge is 0.256 e. The van der Waals surface area contributed by atoms with Gasteiger partial charge in [0.2, 0.25) is 0 Å². The summed E-state index contributed by atoms with van der Waals surface area (Å²) in [4.78, 5) is 12.4. The van der Waals surface area contributed by atoms with E-state index in [1.807, 2.05) is 48.5 Å². The molecule has 0 fully saturated rings. The zero-order valence-electron chi connectivity index (χ0n) is 14.2. The monoisotopic (exact) mass is 343 g/mol. The van der Waals surface area contributed by atoms with Crippen molar-refractivity contribution < 1.29 is 14.6 Å². The summed E-state index contributed by atoms with van der Waals surface area (Å²) in [5, 5.41) is 13.1. The molecule has 4 heteroatoms. The van der Waals surface area contributed by atoms with Crippen LogP contribution in [0.5, 0.6) is 11.5 Å². The maximum atomic E-state index is 12.4. The van der Waals surface area contributed by atoms with Crippen molar-refractivity contribution in [1.82, 2.24) is 0 Å². The number of phenols is 1. The zero-order chi connectivity index (χ0) is 18.1. The minimum absolute atomic E-state index is 0.0685. The van der Waals surface area contributed by atoms with E-state index in [9.17, 15) is 9.90 Å². The largest absolute Gasteiger partial charge is 0.507 e. The van der Waals surface area contributed by atoms with Crippen molar-refractivity contribution in [2.45, 2.75) is 0 Å². The van der Waals surface area contributed by atoms with Crippen molar-refractivity contribution in [2.24, 2.45) is 0 Å². The van der Waals surface area contributed by atoms with Crippen LogP contribution in [0.3, 0.4) is 0 Å². The van der Waals surface area contributed by atoms with Gasteiger partial charge in [-0.3, -0.25) is 4.79 Å². The van der Waals surface area contributed by atoms with Gasteiger partial charge in [0.05, 0.1) is 7.11 Å². The van der Waals surface area contributed by atoms with Crippen LogP contribution in [0.15, 0.2) is 66.7 Å². The number of hydrogen-bond donors (Lipinski definition) is 2. The molecule has 0 spiro atoms. The standard InChI is InChI=1S/C22H17NO3/c1-26-17-9-7-16(21(24)13-17)11-19-18-10-8-15(12-20(18)23-22(19)25)14-5-3-2-4-6-14/h2-13,24H,1H3,(H,23,25)/b19-11-. The third kappa shape index (κ3) is 2.82. The van der Waals surface area contributed by atoms with Crippen LogP contribution < -0.4 is 10.1 Å². The highest BCUT2D eigenvalue weighted by atomic mass is 16.5. The van der Waals surface area contributed by atoms with E-state index in [0.717, 1.165) is 22.4 Å². The number of methoxy groups -OCH3 is 1. The molecule has 0 aromatic heterocycles. The first-order valence-electron chi connectivity index (χ1n) is 8.25. The number of aromatic hydroxyl groups is 1. The number of ether oxygens (including phenoxy) is 1. The Morgan fingerprint density at radius 3 is 2.50 bits per heavy atom. The normalized spacial score (nSPS) is 14.2. The summed E-state index contributed by atoms with van der Waals surface area (Å²) in [5.41, 5.74) is 4.82. The molecule has 1 heterocycles. The molecule has 0 radical (unpaired) electrons. The molecule has 3 aromatic rings. The van der Waals surface area contributed by atoms with E-state index < -0.39 is 0 Å². The molecule has 0 saturated heterocycles. The summed E-state index contributed by atoms with van der Waals surface area (Å²) in [7, 11) is 1.54. The van der Waals surface area contributed by atoms with Crippen LogP contribution in [0.1, 0.15) is 11.1 Å². The summed E-state index contributed by atoms with van der Waals surface area (Å²) in [6.45, 7) is 0. The summed E-state index contributed by atoms with van der Waals surface area (Å²) < 4.78 is 5.09. The van der Waals surface area contributed by atoms with E-state index in [1.165, 1.54) is 13.2 Å². The van der Waals surface area contributed by atoms with Crippen LogP contribution >= 0.6 is 0 Å². The first kappa shape index (κ1) is 16.0. The van der Waals surface area contributed by atoms with Crippen LogP contribution in [-0.2, 0) is 4.79 Å². The lowest BCUT2D eigenvalue weighted by Crippen LogP contribution is -2.03. The van der Waals surface area contributed by atoms with Crippen molar-refractivity contribution in [2.75, 3.05) is 12.4 Å². The van der Waals surface area contributed by atoms with E-state index >= 15 is 0 Å². The molecule has 0 bridgehead atoms. The Hall–Kier alpha value is -3.53. The summed E-state index contributed by atoms with van der Waals surface area (Å²) in [6.07, 6.45) is 1.69. The Labute approximate surface area is 151 Å². The quantitative estimate of drug-likeness (QED) is 0.685. The predicted octanol–water partition coefficient (Wildman–Crippen LogP) is 4.56. The number of carbonyl (C=O) groups excluding carboxylic acids is 1. The Morgan fingerprint density at radius 1 is 0.962 bits per heavy atom. The molecule has 26 heavy (non-hydrogen) atoms. The molecule has 3 aromatic carbocycles. The van der Waals surface area contributed by atoms with Crippen LogP contribution in [0.25, 0.3) is 22.8 Å². The number of hydrogen-bond acceptors (Lipinski definition) is 3. The number of fused-ring (bicyclic) bond motifs is 1. The Kier molecular flexibility index (Phi) is 3.93. The molecule has 2 N–H and O–H groups in total. The van der Waals surface area contributed by atoms with Gasteiger partial charge < -0.3 is 15.2 Å². The Bertz CT molecular complexity index is 1020. The fourth-order valence-electron chi connectivity index (χ4n) is 3.08. The van der Waals surface area contributed by atoms with Gasteiger partial charge in [0.15, 0.2) is 0 Å². The molecule has 0 saturated carbocycles. The molecular formula is C22H17NO3. The van der Waals surface area contributed by atoms with Crippen molar-refractivity contribution in [3.63, 3.8) is 0 Å². The van der Waals surface area contributed by atoms with Crippen molar-refractivity contribution >= 4 is 23.2 Å². The van der Waals surface area contributed by atoms with Gasteiger partial charge in [-0.25, -0.2) is 0 Å². The van der Waals surface area contributed by atoms with Crippen molar-refractivity contribution in [3.8, 4) is 22.6 Å². The van der Waals surface area contributed by atoms with Crippen LogP contribution in [-0.4, -0.2) is 18.1 Å². The molecule has 4 rings (SSSR count). The average Bonchev–Trinajstić information content (AvgIpc) is 2.98. The van der Waals surface area contributed by atoms with E-state index in [0.29, 0.717) is 16.9 Å². The number of carbonyl (C=O) groups is 1. The fourth-order valence-corrected chi connectivity index (χ4v) is 3.08. The second kappa shape index (κ2) is 6.41. The summed E-state index contributed by atoms with van der Waals surface area (Å²) in [6, 6.07) is 20.9. The highest BCUT2D eigenvalue weighted by Gasteiger charge is 2.24. The molecule has 1 amide bonds. The number of benzene rings is 3. The highest BCUT2D eigenvalue weighted by Crippen LogP contribution is 2.37. The maximum absolute atomic E-state index is 12.4. The Balaban J connectivity index is 1.74. The minimum atomic E-state index is -0.180. The molecule has 4 nitrogen and oxygen atoms in total. The zero-order valence-corrected chi connectivity index (χ0v) is 14.2. The topological polar surface area (TPSA) is 58.6 Å². The molecule has 0 unspecified atom stereocenters. The number of rotatable bonds is 3. The second-order valence-corrected chi connectivity index (χ2v) is 6.06. The minimum Gasteiger partial charge on any atom is -0.507 e. The predicted molar refractivity (Wildman–Crippen MR) is 103 cm³/mol. The van der Waals surface area contributed by atoms with Crippen molar-refractivity contribution in [3.05, 3.63) is 77.9 Å². The van der Waals surface area contributed by atoms with E-state index in [1.54, 1.807) is 18.2 Å². The van der Waals surface area contributed by atoms with E-state index in [-0.39, 0.29) is 11.7 Å². The third-order valence-corrected chi connectivity index (χ3v) is 4.45. The molecule has 0 aliphatic carbocycles. The van der Waals surface area contributed by atoms with Gasteiger partial charge in [0.25, 0.3) is 5.91 Å². The Morgan fingerprint density at radius 2 is 1.77 bits per heavy atom. The van der Waals surface area contributed by atoms with Gasteiger partial charge >= 0.3 is 0 Å². The number of anilines is 1. The van der Waals surface area contributed by atoms with Crippen LogP contribution in [0.4, 0.5) is 5.69 Å². The number of phenolic OH excluding ortho intramolecular Hbond substituents is 1. The maximum Gasteiger partial charge on any atom is 0.256 e. The first-order chi connectivity index (χ1) is 12.7. The van der Waals surface area contributed by atoms with Gasteiger partial charge in [0, 0.05) is 28.5 Å². The molecule has 128 valence electrons. The SMILES string of the molecule is COc1ccc(/C=C2\C(=O)Nc3cc(-c4ccccc4)ccc32)c(O)c1. The lowest BCUT2D eigenvalue weighted by molar-refractivity contribution is -0.110. The number of nitrogens with one attached hydrogen (secondary N) is 1. The third-order valence-electron chi connectivity index (χ3n) is 4.45. The van der Waals surface area contributed by atoms with Gasteiger partial charge in [-0.05, 0) is 35.4 Å². The van der Waals surface area contributed by atoms with Gasteiger partial charge in [0.1, 0.15) is 11.5 Å². The number of amides is 1. The molecular weight excluding hydrogens is 326 g/mol.